The lowest BCUT2D eigenvalue weighted by Crippen LogP contribution is -2.28. The molecule has 63 heavy (non-hydrogen) atoms. The van der Waals surface area contributed by atoms with Crippen molar-refractivity contribution in [2.45, 2.75) is 5.41 Å². The van der Waals surface area contributed by atoms with Gasteiger partial charge in [-0.15, -0.1) is 0 Å². The standard InChI is InChI=1S/C61H40N2/c1-5-20-41(21-6-1)57-40-58(63-60(62-57)42-22-7-2-8-23-42)52-39-38-50(47-30-15-16-31-48(47)52)49-36-37-51(46-29-14-13-28-45(46)49)53-33-19-35-56-59(53)54-32-17-18-34-55(54)61(56,43-24-9-3-10-25-43)44-26-11-4-12-27-44/h1-40H. The summed E-state index contributed by atoms with van der Waals surface area (Å²) >= 11 is 0. The molecule has 0 radical (unpaired) electrons. The maximum atomic E-state index is 5.23. The van der Waals surface area contributed by atoms with Crippen molar-refractivity contribution in [1.29, 1.82) is 0 Å². The Morgan fingerprint density at radius 1 is 0.270 bits per heavy atom. The van der Waals surface area contributed by atoms with Crippen LogP contribution in [0.2, 0.25) is 0 Å². The Morgan fingerprint density at radius 2 is 0.683 bits per heavy atom. The predicted molar refractivity (Wildman–Crippen MR) is 262 cm³/mol. The predicted octanol–water partition coefficient (Wildman–Crippen LogP) is 15.5. The SMILES string of the molecule is c1ccc(-c2cc(-c3ccc(-c4ccc(-c5cccc6c5-c5ccccc5C6(c5ccccc5)c5ccccc5)c5ccccc45)c4ccccc34)nc(-c3ccccc3)n2)cc1. The van der Waals surface area contributed by atoms with Gasteiger partial charge in [0.25, 0.3) is 0 Å². The molecule has 0 fully saturated rings. The second-order valence-corrected chi connectivity index (χ2v) is 16.4. The van der Waals surface area contributed by atoms with Crippen molar-refractivity contribution in [3.05, 3.63) is 265 Å². The summed E-state index contributed by atoms with van der Waals surface area (Å²) in [7, 11) is 0. The van der Waals surface area contributed by atoms with Crippen LogP contribution in [0.5, 0.6) is 0 Å². The van der Waals surface area contributed by atoms with Crippen LogP contribution in [0.15, 0.2) is 243 Å². The topological polar surface area (TPSA) is 25.8 Å². The zero-order valence-electron chi connectivity index (χ0n) is 34.5. The summed E-state index contributed by atoms with van der Waals surface area (Å²) in [5.74, 6) is 0.710. The fraction of sp³-hybridized carbons (Fsp3) is 0.0164. The van der Waals surface area contributed by atoms with Crippen molar-refractivity contribution in [2.24, 2.45) is 0 Å². The Hall–Kier alpha value is -8.20. The Labute approximate surface area is 367 Å². The molecule has 1 aromatic heterocycles. The van der Waals surface area contributed by atoms with Gasteiger partial charge < -0.3 is 0 Å². The minimum absolute atomic E-state index is 0.464. The van der Waals surface area contributed by atoms with Crippen LogP contribution in [0.25, 0.3) is 88.8 Å². The summed E-state index contributed by atoms with van der Waals surface area (Å²) in [4.78, 5) is 10.3. The third-order valence-corrected chi connectivity index (χ3v) is 13.0. The maximum absolute atomic E-state index is 5.23. The number of nitrogens with zero attached hydrogens (tertiary/aromatic N) is 2. The van der Waals surface area contributed by atoms with Crippen LogP contribution in [0.4, 0.5) is 0 Å². The number of fused-ring (bicyclic) bond motifs is 5. The van der Waals surface area contributed by atoms with Gasteiger partial charge in [0.1, 0.15) is 0 Å². The third kappa shape index (κ3) is 5.87. The molecule has 2 nitrogen and oxygen atoms in total. The fourth-order valence-corrected chi connectivity index (χ4v) is 10.3. The molecule has 0 unspecified atom stereocenters. The summed E-state index contributed by atoms with van der Waals surface area (Å²) in [6, 6.07) is 87.8. The van der Waals surface area contributed by atoms with E-state index in [0.29, 0.717) is 5.82 Å². The van der Waals surface area contributed by atoms with E-state index in [1.54, 1.807) is 0 Å². The molecular formula is C61H40N2. The lowest BCUT2D eigenvalue weighted by Gasteiger charge is -2.34. The smallest absolute Gasteiger partial charge is 0.160 e. The summed E-state index contributed by atoms with van der Waals surface area (Å²) in [5, 5.41) is 4.77. The molecule has 12 rings (SSSR count). The first-order valence-corrected chi connectivity index (χ1v) is 21.7. The van der Waals surface area contributed by atoms with Gasteiger partial charge in [-0.25, -0.2) is 9.97 Å². The number of hydrogen-bond donors (Lipinski definition) is 0. The van der Waals surface area contributed by atoms with Crippen LogP contribution in [-0.4, -0.2) is 9.97 Å². The molecule has 0 saturated heterocycles. The molecule has 0 atom stereocenters. The minimum Gasteiger partial charge on any atom is -0.228 e. The lowest BCUT2D eigenvalue weighted by molar-refractivity contribution is 0.768. The van der Waals surface area contributed by atoms with Gasteiger partial charge >= 0.3 is 0 Å². The van der Waals surface area contributed by atoms with Gasteiger partial charge in [0, 0.05) is 16.7 Å². The average Bonchev–Trinajstić information content (AvgIpc) is 3.68. The zero-order valence-corrected chi connectivity index (χ0v) is 34.5. The number of rotatable bonds is 7. The first-order chi connectivity index (χ1) is 31.3. The molecule has 1 aliphatic carbocycles. The summed E-state index contributed by atoms with van der Waals surface area (Å²) in [5.41, 5.74) is 17.0. The first kappa shape index (κ1) is 36.6. The molecule has 294 valence electrons. The monoisotopic (exact) mass is 800 g/mol. The highest BCUT2D eigenvalue weighted by atomic mass is 14.9. The van der Waals surface area contributed by atoms with E-state index in [0.717, 1.165) is 33.5 Å². The molecule has 1 aliphatic rings. The highest BCUT2D eigenvalue weighted by molar-refractivity contribution is 6.13. The molecule has 10 aromatic carbocycles. The summed E-state index contributed by atoms with van der Waals surface area (Å²) in [6.45, 7) is 0. The molecule has 0 saturated carbocycles. The van der Waals surface area contributed by atoms with Crippen LogP contribution >= 0.6 is 0 Å². The Bertz CT molecular complexity index is 3390. The average molecular weight is 801 g/mol. The Kier molecular flexibility index (Phi) is 8.76. The largest absolute Gasteiger partial charge is 0.228 e. The van der Waals surface area contributed by atoms with Crippen LogP contribution in [-0.2, 0) is 5.41 Å². The van der Waals surface area contributed by atoms with Crippen molar-refractivity contribution in [3.63, 3.8) is 0 Å². The summed E-state index contributed by atoms with van der Waals surface area (Å²) < 4.78 is 0. The van der Waals surface area contributed by atoms with Crippen LogP contribution < -0.4 is 0 Å². The van der Waals surface area contributed by atoms with E-state index < -0.39 is 5.41 Å². The van der Waals surface area contributed by atoms with Gasteiger partial charge in [0.05, 0.1) is 16.8 Å². The molecule has 0 spiro atoms. The highest BCUT2D eigenvalue weighted by Gasteiger charge is 2.46. The molecule has 0 aliphatic heterocycles. The van der Waals surface area contributed by atoms with Crippen molar-refractivity contribution in [1.82, 2.24) is 9.97 Å². The molecule has 0 amide bonds. The van der Waals surface area contributed by atoms with E-state index in [1.807, 2.05) is 24.3 Å². The maximum Gasteiger partial charge on any atom is 0.160 e. The molecule has 11 aromatic rings. The molecule has 0 N–H and O–H groups in total. The van der Waals surface area contributed by atoms with Crippen molar-refractivity contribution in [3.8, 4) is 67.3 Å². The van der Waals surface area contributed by atoms with E-state index in [4.69, 9.17) is 9.97 Å². The van der Waals surface area contributed by atoms with Gasteiger partial charge in [-0.3, -0.25) is 0 Å². The highest BCUT2D eigenvalue weighted by Crippen LogP contribution is 2.58. The normalized spacial score (nSPS) is 12.6. The molecule has 1 heterocycles. The Morgan fingerprint density at radius 3 is 1.27 bits per heavy atom. The second-order valence-electron chi connectivity index (χ2n) is 16.4. The first-order valence-electron chi connectivity index (χ1n) is 21.7. The van der Waals surface area contributed by atoms with Crippen molar-refractivity contribution < 1.29 is 0 Å². The van der Waals surface area contributed by atoms with E-state index in [9.17, 15) is 0 Å². The lowest BCUT2D eigenvalue weighted by atomic mass is 9.67. The Balaban J connectivity index is 1.05. The third-order valence-electron chi connectivity index (χ3n) is 13.0. The second kappa shape index (κ2) is 15.1. The summed E-state index contributed by atoms with van der Waals surface area (Å²) in [6.07, 6.45) is 0. The van der Waals surface area contributed by atoms with E-state index in [2.05, 4.69) is 218 Å². The van der Waals surface area contributed by atoms with E-state index >= 15 is 0 Å². The van der Waals surface area contributed by atoms with Crippen molar-refractivity contribution in [2.75, 3.05) is 0 Å². The van der Waals surface area contributed by atoms with Crippen molar-refractivity contribution >= 4 is 21.5 Å². The molecule has 2 heteroatoms. The number of hydrogen-bond acceptors (Lipinski definition) is 2. The molecule has 0 bridgehead atoms. The minimum atomic E-state index is -0.464. The van der Waals surface area contributed by atoms with Crippen LogP contribution in [0, 0.1) is 0 Å². The number of benzene rings is 10. The number of aromatic nitrogens is 2. The van der Waals surface area contributed by atoms with E-state index in [1.165, 1.54) is 71.8 Å². The van der Waals surface area contributed by atoms with Gasteiger partial charge in [-0.1, -0.05) is 237 Å². The van der Waals surface area contributed by atoms with Gasteiger partial charge in [0.2, 0.25) is 0 Å². The van der Waals surface area contributed by atoms with Crippen LogP contribution in [0.1, 0.15) is 22.3 Å². The molecular weight excluding hydrogens is 761 g/mol. The van der Waals surface area contributed by atoms with Gasteiger partial charge in [-0.05, 0) is 83.2 Å². The van der Waals surface area contributed by atoms with Crippen LogP contribution in [0.3, 0.4) is 0 Å². The van der Waals surface area contributed by atoms with E-state index in [-0.39, 0.29) is 0 Å². The fourth-order valence-electron chi connectivity index (χ4n) is 10.3. The van der Waals surface area contributed by atoms with Gasteiger partial charge in [0.15, 0.2) is 5.82 Å². The quantitative estimate of drug-likeness (QED) is 0.160. The zero-order chi connectivity index (χ0) is 41.7. The van der Waals surface area contributed by atoms with Gasteiger partial charge in [-0.2, -0.15) is 0 Å².